The van der Waals surface area contributed by atoms with Gasteiger partial charge < -0.3 is 19.5 Å². The molecular formula is C19H23ClN4O4. The highest BCUT2D eigenvalue weighted by Crippen LogP contribution is 2.42. The Hall–Kier alpha value is -2.74. The first-order chi connectivity index (χ1) is 13.5. The SMILES string of the molecule is CCCCOC(=O)C1=C(C)Nc2ncnn2C1c1cc(Cl)c(OC)c(OC)c1. The topological polar surface area (TPSA) is 87.5 Å². The predicted octanol–water partition coefficient (Wildman–Crippen LogP) is 3.58. The zero-order chi connectivity index (χ0) is 20.3. The summed E-state index contributed by atoms with van der Waals surface area (Å²) < 4.78 is 17.8. The number of esters is 1. The van der Waals surface area contributed by atoms with Crippen LogP contribution in [0.1, 0.15) is 38.3 Å². The van der Waals surface area contributed by atoms with E-state index in [1.165, 1.54) is 20.5 Å². The van der Waals surface area contributed by atoms with Gasteiger partial charge in [-0.1, -0.05) is 24.9 Å². The molecule has 1 aromatic heterocycles. The van der Waals surface area contributed by atoms with Crippen LogP contribution in [0, 0.1) is 0 Å². The first kappa shape index (κ1) is 20.0. The summed E-state index contributed by atoms with van der Waals surface area (Å²) in [5.41, 5.74) is 1.80. The quantitative estimate of drug-likeness (QED) is 0.555. The number of benzene rings is 1. The standard InChI is InChI=1S/C19H23ClN4O4/c1-5-6-7-28-18(25)15-11(2)23-19-21-10-22-24(19)16(15)12-8-13(20)17(27-4)14(9-12)26-3/h8-10,16H,5-7H2,1-4H3,(H,21,22,23). The molecule has 1 unspecified atom stereocenters. The highest BCUT2D eigenvalue weighted by atomic mass is 35.5. The first-order valence-electron chi connectivity index (χ1n) is 8.97. The van der Waals surface area contributed by atoms with Crippen LogP contribution >= 0.6 is 11.6 Å². The molecule has 0 spiro atoms. The van der Waals surface area contributed by atoms with E-state index in [4.69, 9.17) is 25.8 Å². The fraction of sp³-hybridized carbons (Fsp3) is 0.421. The Balaban J connectivity index is 2.10. The van der Waals surface area contributed by atoms with Crippen LogP contribution in [0.2, 0.25) is 5.02 Å². The molecule has 0 amide bonds. The van der Waals surface area contributed by atoms with Crippen molar-refractivity contribution in [3.63, 3.8) is 0 Å². The highest BCUT2D eigenvalue weighted by molar-refractivity contribution is 6.32. The molecule has 1 aliphatic rings. The van der Waals surface area contributed by atoms with Gasteiger partial charge in [0.15, 0.2) is 11.5 Å². The van der Waals surface area contributed by atoms with Crippen molar-refractivity contribution >= 4 is 23.5 Å². The van der Waals surface area contributed by atoms with Crippen LogP contribution in [0.3, 0.4) is 0 Å². The number of hydrogen-bond acceptors (Lipinski definition) is 7. The molecule has 1 atom stereocenters. The van der Waals surface area contributed by atoms with E-state index >= 15 is 0 Å². The number of hydrogen-bond donors (Lipinski definition) is 1. The molecule has 3 rings (SSSR count). The van der Waals surface area contributed by atoms with Crippen LogP contribution in [-0.4, -0.2) is 41.6 Å². The summed E-state index contributed by atoms with van der Waals surface area (Å²) >= 11 is 6.40. The summed E-state index contributed by atoms with van der Waals surface area (Å²) in [7, 11) is 3.05. The van der Waals surface area contributed by atoms with Crippen LogP contribution in [0.4, 0.5) is 5.95 Å². The number of fused-ring (bicyclic) bond motifs is 1. The third kappa shape index (κ3) is 3.64. The second kappa shape index (κ2) is 8.52. The smallest absolute Gasteiger partial charge is 0.338 e. The number of anilines is 1. The van der Waals surface area contributed by atoms with Gasteiger partial charge in [0.2, 0.25) is 5.95 Å². The van der Waals surface area contributed by atoms with E-state index in [1.54, 1.807) is 16.8 Å². The minimum absolute atomic E-state index is 0.357. The number of rotatable bonds is 7. The Labute approximate surface area is 168 Å². The molecule has 9 heteroatoms. The fourth-order valence-electron chi connectivity index (χ4n) is 3.15. The van der Waals surface area contributed by atoms with Gasteiger partial charge in [0.25, 0.3) is 0 Å². The summed E-state index contributed by atoms with van der Waals surface area (Å²) in [5, 5.41) is 7.77. The molecule has 0 radical (unpaired) electrons. The second-order valence-electron chi connectivity index (χ2n) is 6.32. The monoisotopic (exact) mass is 406 g/mol. The maximum atomic E-state index is 12.9. The molecular weight excluding hydrogens is 384 g/mol. The van der Waals surface area contributed by atoms with E-state index in [9.17, 15) is 4.79 Å². The van der Waals surface area contributed by atoms with Crippen molar-refractivity contribution in [1.29, 1.82) is 0 Å². The molecule has 1 N–H and O–H groups in total. The number of halogens is 1. The van der Waals surface area contributed by atoms with E-state index in [0.717, 1.165) is 12.8 Å². The molecule has 2 aromatic rings. The number of allylic oxidation sites excluding steroid dienone is 1. The summed E-state index contributed by atoms with van der Waals surface area (Å²) in [6, 6.07) is 2.94. The average molecular weight is 407 g/mol. The predicted molar refractivity (Wildman–Crippen MR) is 105 cm³/mol. The largest absolute Gasteiger partial charge is 0.493 e. The van der Waals surface area contributed by atoms with Crippen molar-refractivity contribution in [3.05, 3.63) is 40.3 Å². The number of nitrogens with zero attached hydrogens (tertiary/aromatic N) is 3. The van der Waals surface area contributed by atoms with Gasteiger partial charge >= 0.3 is 5.97 Å². The second-order valence-corrected chi connectivity index (χ2v) is 6.73. The molecule has 150 valence electrons. The van der Waals surface area contributed by atoms with Gasteiger partial charge in [-0.2, -0.15) is 10.1 Å². The van der Waals surface area contributed by atoms with E-state index in [-0.39, 0.29) is 0 Å². The normalized spacial score (nSPS) is 15.7. The molecule has 0 bridgehead atoms. The first-order valence-corrected chi connectivity index (χ1v) is 9.35. The number of methoxy groups -OCH3 is 2. The number of unbranched alkanes of at least 4 members (excludes halogenated alkanes) is 1. The van der Waals surface area contributed by atoms with Gasteiger partial charge in [0, 0.05) is 5.70 Å². The Kier molecular flexibility index (Phi) is 6.08. The molecule has 1 aromatic carbocycles. The van der Waals surface area contributed by atoms with Gasteiger partial charge in [-0.15, -0.1) is 0 Å². The van der Waals surface area contributed by atoms with Crippen LogP contribution < -0.4 is 14.8 Å². The van der Waals surface area contributed by atoms with Crippen molar-refractivity contribution in [2.75, 3.05) is 26.1 Å². The van der Waals surface area contributed by atoms with E-state index in [2.05, 4.69) is 15.4 Å². The molecule has 0 saturated carbocycles. The van der Waals surface area contributed by atoms with Crippen molar-refractivity contribution in [2.45, 2.75) is 32.7 Å². The lowest BCUT2D eigenvalue weighted by atomic mass is 9.95. The molecule has 8 nitrogen and oxygen atoms in total. The van der Waals surface area contributed by atoms with Crippen LogP contribution in [0.15, 0.2) is 29.7 Å². The Morgan fingerprint density at radius 1 is 1.32 bits per heavy atom. The van der Waals surface area contributed by atoms with E-state index in [0.29, 0.717) is 45.9 Å². The summed E-state index contributed by atoms with van der Waals surface area (Å²) in [6.07, 6.45) is 3.16. The zero-order valence-corrected chi connectivity index (χ0v) is 17.0. The Morgan fingerprint density at radius 2 is 2.11 bits per heavy atom. The van der Waals surface area contributed by atoms with Crippen LogP contribution in [-0.2, 0) is 9.53 Å². The van der Waals surface area contributed by atoms with Crippen LogP contribution in [0.25, 0.3) is 0 Å². The lowest BCUT2D eigenvalue weighted by Gasteiger charge is -2.28. The summed E-state index contributed by atoms with van der Waals surface area (Å²) in [5.74, 6) is 1.00. The maximum Gasteiger partial charge on any atom is 0.338 e. The van der Waals surface area contributed by atoms with Crippen LogP contribution in [0.5, 0.6) is 11.5 Å². The Morgan fingerprint density at radius 3 is 2.79 bits per heavy atom. The van der Waals surface area contributed by atoms with Crippen molar-refractivity contribution in [2.24, 2.45) is 0 Å². The third-order valence-corrected chi connectivity index (χ3v) is 4.80. The van der Waals surface area contributed by atoms with Gasteiger partial charge in [-0.05, 0) is 31.0 Å². The lowest BCUT2D eigenvalue weighted by molar-refractivity contribution is -0.139. The average Bonchev–Trinajstić information content (AvgIpc) is 3.14. The van der Waals surface area contributed by atoms with Gasteiger partial charge in [0.05, 0.1) is 31.4 Å². The number of carbonyl (C=O) groups excluding carboxylic acids is 1. The minimum atomic E-state index is -0.565. The molecule has 28 heavy (non-hydrogen) atoms. The van der Waals surface area contributed by atoms with E-state index < -0.39 is 12.0 Å². The molecule has 0 saturated heterocycles. The fourth-order valence-corrected chi connectivity index (χ4v) is 3.44. The zero-order valence-electron chi connectivity index (χ0n) is 16.3. The number of nitrogens with one attached hydrogen (secondary N) is 1. The number of aromatic nitrogens is 3. The van der Waals surface area contributed by atoms with Crippen molar-refractivity contribution in [1.82, 2.24) is 14.8 Å². The van der Waals surface area contributed by atoms with E-state index in [1.807, 2.05) is 13.8 Å². The van der Waals surface area contributed by atoms with Gasteiger partial charge in [0.1, 0.15) is 12.4 Å². The van der Waals surface area contributed by atoms with Crippen molar-refractivity contribution < 1.29 is 19.0 Å². The van der Waals surface area contributed by atoms with Gasteiger partial charge in [-0.3, -0.25) is 0 Å². The number of ether oxygens (including phenoxy) is 3. The Bertz CT molecular complexity index is 909. The summed E-state index contributed by atoms with van der Waals surface area (Å²) in [6.45, 7) is 4.20. The van der Waals surface area contributed by atoms with Gasteiger partial charge in [-0.25, -0.2) is 9.48 Å². The molecule has 0 aliphatic carbocycles. The highest BCUT2D eigenvalue weighted by Gasteiger charge is 2.35. The molecule has 1 aliphatic heterocycles. The molecule has 2 heterocycles. The lowest BCUT2D eigenvalue weighted by Crippen LogP contribution is -2.30. The summed E-state index contributed by atoms with van der Waals surface area (Å²) in [4.78, 5) is 17.1. The third-order valence-electron chi connectivity index (χ3n) is 4.52. The number of carbonyl (C=O) groups is 1. The maximum absolute atomic E-state index is 12.9. The van der Waals surface area contributed by atoms with Crippen molar-refractivity contribution in [3.8, 4) is 11.5 Å². The minimum Gasteiger partial charge on any atom is -0.493 e. The molecule has 0 fully saturated rings.